The van der Waals surface area contributed by atoms with Crippen molar-refractivity contribution in [3.8, 4) is 5.75 Å². The largest absolute Gasteiger partial charge is 0.508 e. The molecular weight excluding hydrogens is 756 g/mol. The van der Waals surface area contributed by atoms with E-state index in [1.807, 2.05) is 6.08 Å². The Labute approximate surface area is 314 Å². The number of hydrogen-bond acceptors (Lipinski definition) is 7. The van der Waals surface area contributed by atoms with Crippen molar-refractivity contribution in [1.29, 1.82) is 0 Å². The zero-order valence-corrected chi connectivity index (χ0v) is 29.4. The molecule has 0 radical (unpaired) electrons. The van der Waals surface area contributed by atoms with Crippen LogP contribution in [0.25, 0.3) is 0 Å². The second kappa shape index (κ2) is 12.6. The van der Waals surface area contributed by atoms with Crippen LogP contribution in [0.1, 0.15) is 35.4 Å². The Hall–Kier alpha value is -4.91. The highest BCUT2D eigenvalue weighted by Crippen LogP contribution is 2.64. The molecular formula is C38H26Cl3F3N4O5. The molecule has 8 rings (SSSR count). The van der Waals surface area contributed by atoms with Crippen LogP contribution in [-0.2, 0) is 30.8 Å². The molecule has 4 aliphatic rings. The van der Waals surface area contributed by atoms with Gasteiger partial charge in [0.15, 0.2) is 5.82 Å². The summed E-state index contributed by atoms with van der Waals surface area (Å²) in [5.74, 6) is -7.12. The smallest absolute Gasteiger partial charge is 0.417 e. The van der Waals surface area contributed by atoms with Crippen LogP contribution in [0.15, 0.2) is 96.7 Å². The Morgan fingerprint density at radius 1 is 0.830 bits per heavy atom. The fourth-order valence-corrected chi connectivity index (χ4v) is 9.13. The number of benzene rings is 3. The van der Waals surface area contributed by atoms with E-state index in [4.69, 9.17) is 34.8 Å². The predicted molar refractivity (Wildman–Crippen MR) is 189 cm³/mol. The first-order valence-corrected chi connectivity index (χ1v) is 17.6. The first-order chi connectivity index (χ1) is 25.2. The highest BCUT2D eigenvalue weighted by atomic mass is 35.5. The monoisotopic (exact) mass is 780 g/mol. The molecule has 2 saturated heterocycles. The maximum Gasteiger partial charge on any atom is 0.417 e. The Morgan fingerprint density at radius 3 is 2.09 bits per heavy atom. The SMILES string of the molecule is O=C1[C@@H]2C[C@@H]3C(=CC[C@@H]4C(=O)N(c5ccc(Cl)cc5)C(=O)[C@@H]43)[C@H](c3ccc(O)cc3)[C@]2(c2ccc(Cl)cc2)C(=O)N1Nc1ncc(C(F)(F)F)cc1Cl. The molecule has 53 heavy (non-hydrogen) atoms. The van der Waals surface area contributed by atoms with Crippen molar-refractivity contribution in [1.82, 2.24) is 9.99 Å². The third-order valence-corrected chi connectivity index (χ3v) is 11.7. The van der Waals surface area contributed by atoms with E-state index in [1.165, 1.54) is 12.1 Å². The number of amides is 4. The highest BCUT2D eigenvalue weighted by molar-refractivity contribution is 6.33. The summed E-state index contributed by atoms with van der Waals surface area (Å²) in [5, 5.41) is 11.3. The summed E-state index contributed by atoms with van der Waals surface area (Å²) in [6.45, 7) is 0. The number of hydrazine groups is 1. The van der Waals surface area contributed by atoms with Gasteiger partial charge < -0.3 is 5.11 Å². The van der Waals surface area contributed by atoms with E-state index in [2.05, 4.69) is 10.4 Å². The van der Waals surface area contributed by atoms with E-state index in [1.54, 1.807) is 60.7 Å². The van der Waals surface area contributed by atoms with Gasteiger partial charge in [0.25, 0.3) is 11.8 Å². The summed E-state index contributed by atoms with van der Waals surface area (Å²) in [6, 6.07) is 19.6. The molecule has 0 bridgehead atoms. The number of nitrogens with zero attached hydrogens (tertiary/aromatic N) is 3. The maximum atomic E-state index is 15.2. The van der Waals surface area contributed by atoms with E-state index >= 15 is 4.79 Å². The number of pyridine rings is 1. The number of aromatic hydroxyl groups is 1. The lowest BCUT2D eigenvalue weighted by atomic mass is 9.49. The number of carbonyl (C=O) groups is 4. The zero-order chi connectivity index (χ0) is 37.6. The van der Waals surface area contributed by atoms with Gasteiger partial charge in [0.05, 0.1) is 39.4 Å². The first kappa shape index (κ1) is 35.1. The van der Waals surface area contributed by atoms with E-state index in [9.17, 15) is 32.7 Å². The van der Waals surface area contributed by atoms with Crippen molar-refractivity contribution >= 4 is 69.9 Å². The summed E-state index contributed by atoms with van der Waals surface area (Å²) in [4.78, 5) is 63.1. The number of carbonyl (C=O) groups excluding carboxylic acids is 4. The summed E-state index contributed by atoms with van der Waals surface area (Å²) in [7, 11) is 0. The van der Waals surface area contributed by atoms with Crippen LogP contribution in [-0.4, -0.2) is 38.7 Å². The molecule has 9 nitrogen and oxygen atoms in total. The lowest BCUT2D eigenvalue weighted by molar-refractivity contribution is -0.139. The number of alkyl halides is 3. The van der Waals surface area contributed by atoms with Gasteiger partial charge in [-0.25, -0.2) is 4.98 Å². The van der Waals surface area contributed by atoms with Gasteiger partial charge in [-0.3, -0.25) is 29.5 Å². The number of rotatable bonds is 5. The number of phenolic OH excluding ortho intramolecular Hbond substituents is 1. The standard InChI is InChI=1S/C38H26Cl3F3N4O5/c39-21-5-3-19(4-6-21)37-28(34(51)48(36(37)53)46-32-29(41)15-20(17-45-32)38(42,43)44)16-27-25(31(37)18-1-11-24(49)12-2-18)13-14-26-30(27)35(52)47(33(26)50)23-9-7-22(40)8-10-23/h1-13,15,17,26-28,30-31,49H,14,16H2,(H,45,46)/t26-,27+,28-,30-,31-,37+/m0/s1. The molecule has 0 unspecified atom stereocenters. The van der Waals surface area contributed by atoms with Gasteiger partial charge in [0.2, 0.25) is 11.8 Å². The van der Waals surface area contributed by atoms with E-state index < -0.39 is 75.4 Å². The second-order valence-electron chi connectivity index (χ2n) is 13.5. The van der Waals surface area contributed by atoms with Gasteiger partial charge in [0, 0.05) is 22.2 Å². The number of phenols is 1. The van der Waals surface area contributed by atoms with Crippen LogP contribution >= 0.6 is 34.8 Å². The molecule has 3 fully saturated rings. The summed E-state index contributed by atoms with van der Waals surface area (Å²) < 4.78 is 40.3. The first-order valence-electron chi connectivity index (χ1n) is 16.5. The molecule has 1 aromatic heterocycles. The average Bonchev–Trinajstić information content (AvgIpc) is 3.50. The van der Waals surface area contributed by atoms with Gasteiger partial charge in [-0.1, -0.05) is 70.7 Å². The normalized spacial score (nSPS) is 26.7. The Kier molecular flexibility index (Phi) is 8.36. The molecule has 2 N–H and O–H groups in total. The number of imide groups is 2. The minimum Gasteiger partial charge on any atom is -0.508 e. The third-order valence-electron chi connectivity index (χ3n) is 10.9. The average molecular weight is 782 g/mol. The van der Waals surface area contributed by atoms with Crippen LogP contribution in [0.4, 0.5) is 24.7 Å². The number of aromatic nitrogens is 1. The molecule has 2 aliphatic carbocycles. The molecule has 2 aliphatic heterocycles. The lowest BCUT2D eigenvalue weighted by Crippen LogP contribution is -2.53. The van der Waals surface area contributed by atoms with E-state index in [0.717, 1.165) is 9.91 Å². The fourth-order valence-electron chi connectivity index (χ4n) is 8.67. The minimum absolute atomic E-state index is 0.0331. The highest BCUT2D eigenvalue weighted by Gasteiger charge is 2.70. The maximum absolute atomic E-state index is 15.2. The van der Waals surface area contributed by atoms with Gasteiger partial charge >= 0.3 is 6.18 Å². The van der Waals surface area contributed by atoms with Crippen LogP contribution in [0.5, 0.6) is 5.75 Å². The van der Waals surface area contributed by atoms with Gasteiger partial charge in [0.1, 0.15) is 5.75 Å². The van der Waals surface area contributed by atoms with E-state index in [-0.39, 0.29) is 24.4 Å². The molecule has 4 amide bonds. The van der Waals surface area contributed by atoms with Gasteiger partial charge in [-0.15, -0.1) is 0 Å². The fraction of sp³-hybridized carbons (Fsp3) is 0.237. The number of halogens is 6. The molecule has 6 atom stereocenters. The van der Waals surface area contributed by atoms with Crippen molar-refractivity contribution in [2.24, 2.45) is 23.7 Å². The number of allylic oxidation sites excluding steroid dienone is 2. The summed E-state index contributed by atoms with van der Waals surface area (Å²) >= 11 is 18.6. The Balaban J connectivity index is 1.29. The second-order valence-corrected chi connectivity index (χ2v) is 14.8. The molecule has 270 valence electrons. The molecule has 3 heterocycles. The molecule has 3 aromatic carbocycles. The molecule has 15 heteroatoms. The lowest BCUT2D eigenvalue weighted by Gasteiger charge is -2.50. The predicted octanol–water partition coefficient (Wildman–Crippen LogP) is 7.96. The quantitative estimate of drug-likeness (QED) is 0.156. The number of hydrogen-bond donors (Lipinski definition) is 2. The third kappa shape index (κ3) is 5.41. The van der Waals surface area contributed by atoms with Gasteiger partial charge in [-0.2, -0.15) is 18.2 Å². The van der Waals surface area contributed by atoms with Crippen LogP contribution in [0.3, 0.4) is 0 Å². The number of nitrogens with one attached hydrogen (secondary N) is 1. The van der Waals surface area contributed by atoms with Crippen molar-refractivity contribution in [2.45, 2.75) is 30.4 Å². The Morgan fingerprint density at radius 2 is 1.47 bits per heavy atom. The molecule has 1 saturated carbocycles. The summed E-state index contributed by atoms with van der Waals surface area (Å²) in [6.07, 6.45) is -2.20. The van der Waals surface area contributed by atoms with Crippen LogP contribution in [0.2, 0.25) is 15.1 Å². The number of fused-ring (bicyclic) bond motifs is 4. The Bertz CT molecular complexity index is 2230. The topological polar surface area (TPSA) is 120 Å². The van der Waals surface area contributed by atoms with Crippen molar-refractivity contribution < 1.29 is 37.5 Å². The number of anilines is 2. The van der Waals surface area contributed by atoms with Gasteiger partial charge in [-0.05, 0) is 84.5 Å². The van der Waals surface area contributed by atoms with Crippen molar-refractivity contribution in [3.63, 3.8) is 0 Å². The van der Waals surface area contributed by atoms with Crippen LogP contribution in [0, 0.1) is 23.7 Å². The minimum atomic E-state index is -4.75. The van der Waals surface area contributed by atoms with E-state index in [0.29, 0.717) is 44.7 Å². The summed E-state index contributed by atoms with van der Waals surface area (Å²) in [5.41, 5.74) is 1.75. The van der Waals surface area contributed by atoms with Crippen molar-refractivity contribution in [2.75, 3.05) is 10.3 Å². The van der Waals surface area contributed by atoms with Crippen LogP contribution < -0.4 is 10.3 Å². The van der Waals surface area contributed by atoms with Crippen molar-refractivity contribution in [3.05, 3.63) is 128 Å². The molecule has 0 spiro atoms. The molecule has 4 aromatic rings. The zero-order valence-electron chi connectivity index (χ0n) is 27.2.